The van der Waals surface area contributed by atoms with E-state index >= 15 is 0 Å². The van der Waals surface area contributed by atoms with Crippen LogP contribution < -0.4 is 68.9 Å². The minimum atomic E-state index is -4.62. The second-order valence-corrected chi connectivity index (χ2v) is 4.30. The predicted octanol–water partition coefficient (Wildman–Crippen LogP) is -5.94. The van der Waals surface area contributed by atoms with Crippen molar-refractivity contribution in [2.24, 2.45) is 0 Å². The summed E-state index contributed by atoms with van der Waals surface area (Å²) in [7, 11) is -4.62. The summed E-state index contributed by atoms with van der Waals surface area (Å²) in [4.78, 5) is 31.0. The molecule has 0 N–H and O–H groups in total. The van der Waals surface area contributed by atoms with E-state index in [4.69, 9.17) is 0 Å². The Morgan fingerprint density at radius 2 is 1.71 bits per heavy atom. The fraction of sp³-hybridized carbons (Fsp3) is 0.857. The van der Waals surface area contributed by atoms with Crippen LogP contribution in [-0.2, 0) is 9.36 Å². The van der Waals surface area contributed by atoms with Gasteiger partial charge in [-0.15, -0.1) is 0 Å². The van der Waals surface area contributed by atoms with Crippen LogP contribution in [0, 0.1) is 0 Å². The Hall–Kier alpha value is 1.82. The number of rotatable bonds is 6. The quantitative estimate of drug-likeness (QED) is 0.262. The molecule has 72 valence electrons. The molecule has 0 saturated heterocycles. The molecule has 7 heteroatoms. The molecular weight excluding hydrogens is 225 g/mol. The molecule has 0 aromatic rings. The van der Waals surface area contributed by atoms with Gasteiger partial charge in [0.25, 0.3) is 0 Å². The van der Waals surface area contributed by atoms with Gasteiger partial charge in [0.05, 0.1) is 0 Å². The third-order valence-electron chi connectivity index (χ3n) is 1.43. The molecular formula is C7H13Na2O4P. The summed E-state index contributed by atoms with van der Waals surface area (Å²) >= 11 is 0. The largest absolute Gasteiger partial charge is 1.00 e. The fourth-order valence-corrected chi connectivity index (χ4v) is 1.46. The number of unbranched alkanes of at least 4 members (excludes halogenated alkanes) is 2. The first-order valence-electron chi connectivity index (χ1n) is 3.98. The van der Waals surface area contributed by atoms with Crippen LogP contribution in [0.15, 0.2) is 0 Å². The Morgan fingerprint density at radius 3 is 2.07 bits per heavy atom. The van der Waals surface area contributed by atoms with E-state index in [0.29, 0.717) is 6.42 Å². The van der Waals surface area contributed by atoms with Crippen LogP contribution in [0.2, 0.25) is 0 Å². The van der Waals surface area contributed by atoms with Gasteiger partial charge in [0.2, 0.25) is 0 Å². The van der Waals surface area contributed by atoms with Crippen molar-refractivity contribution in [2.75, 3.05) is 6.16 Å². The molecule has 0 bridgehead atoms. The van der Waals surface area contributed by atoms with E-state index in [0.717, 1.165) is 12.8 Å². The van der Waals surface area contributed by atoms with Crippen molar-refractivity contribution < 1.29 is 78.3 Å². The third-order valence-corrected chi connectivity index (χ3v) is 2.17. The van der Waals surface area contributed by atoms with Crippen LogP contribution in [0.4, 0.5) is 0 Å². The molecule has 0 radical (unpaired) electrons. The zero-order valence-corrected chi connectivity index (χ0v) is 14.0. The molecule has 0 atom stereocenters. The number of ketones is 1. The maximum Gasteiger partial charge on any atom is 1.00 e. The van der Waals surface area contributed by atoms with Crippen LogP contribution in [0.5, 0.6) is 0 Å². The summed E-state index contributed by atoms with van der Waals surface area (Å²) in [6.07, 6.45) is 1.93. The first-order chi connectivity index (χ1) is 5.45. The van der Waals surface area contributed by atoms with Crippen LogP contribution in [0.3, 0.4) is 0 Å². The second-order valence-electron chi connectivity index (χ2n) is 2.76. The maximum absolute atomic E-state index is 10.8. The van der Waals surface area contributed by atoms with Crippen molar-refractivity contribution in [2.45, 2.75) is 32.6 Å². The smallest absolute Gasteiger partial charge is 0.810 e. The summed E-state index contributed by atoms with van der Waals surface area (Å²) in [5.41, 5.74) is 0. The van der Waals surface area contributed by atoms with Gasteiger partial charge in [0.1, 0.15) is 5.78 Å². The first-order valence-corrected chi connectivity index (χ1v) is 5.71. The van der Waals surface area contributed by atoms with E-state index in [2.05, 4.69) is 0 Å². The number of carbonyl (C=O) groups is 1. The number of hydrogen-bond acceptors (Lipinski definition) is 4. The average Bonchev–Trinajstić information content (AvgIpc) is 1.84. The van der Waals surface area contributed by atoms with Crippen molar-refractivity contribution in [1.29, 1.82) is 0 Å². The molecule has 0 spiro atoms. The van der Waals surface area contributed by atoms with Crippen molar-refractivity contribution in [3.8, 4) is 0 Å². The van der Waals surface area contributed by atoms with Gasteiger partial charge in [-0.1, -0.05) is 27.4 Å². The van der Waals surface area contributed by atoms with Gasteiger partial charge in [0.15, 0.2) is 0 Å². The number of carbonyl (C=O) groups excluding carboxylic acids is 1. The monoisotopic (exact) mass is 238 g/mol. The fourth-order valence-electron chi connectivity index (χ4n) is 0.867. The molecule has 4 nitrogen and oxygen atoms in total. The average molecular weight is 238 g/mol. The van der Waals surface area contributed by atoms with Gasteiger partial charge < -0.3 is 14.4 Å². The van der Waals surface area contributed by atoms with Gasteiger partial charge >= 0.3 is 59.1 Å². The van der Waals surface area contributed by atoms with Crippen molar-refractivity contribution in [3.05, 3.63) is 0 Å². The van der Waals surface area contributed by atoms with Crippen molar-refractivity contribution in [3.63, 3.8) is 0 Å². The molecule has 0 aliphatic heterocycles. The van der Waals surface area contributed by atoms with Gasteiger partial charge in [-0.25, -0.2) is 0 Å². The Bertz CT molecular complexity index is 192. The molecule has 0 aromatic heterocycles. The van der Waals surface area contributed by atoms with Crippen LogP contribution >= 0.6 is 7.60 Å². The van der Waals surface area contributed by atoms with E-state index in [9.17, 15) is 19.1 Å². The topological polar surface area (TPSA) is 80.3 Å². The molecule has 0 aromatic carbocycles. The van der Waals surface area contributed by atoms with Crippen LogP contribution in [0.1, 0.15) is 32.6 Å². The summed E-state index contributed by atoms with van der Waals surface area (Å²) in [5.74, 6) is -0.461. The number of hydrogen-bond donors (Lipinski definition) is 0. The van der Waals surface area contributed by atoms with Crippen molar-refractivity contribution >= 4 is 13.4 Å². The van der Waals surface area contributed by atoms with E-state index in [1.165, 1.54) is 0 Å². The first kappa shape index (κ1) is 21.1. The molecule has 0 amide bonds. The summed E-state index contributed by atoms with van der Waals surface area (Å²) < 4.78 is 10.1. The normalized spacial score (nSPS) is 9.93. The van der Waals surface area contributed by atoms with Gasteiger partial charge in [0, 0.05) is 12.6 Å². The Balaban J connectivity index is -0.000000605. The standard InChI is InChI=1S/C7H15O4P.2Na/c1-2-3-4-5-7(8)6-12(9,10)11;;/h2-6H2,1H3,(H2,9,10,11);;/q;2*+1/p-2. The second kappa shape index (κ2) is 11.3. The van der Waals surface area contributed by atoms with Crippen LogP contribution in [0.25, 0.3) is 0 Å². The van der Waals surface area contributed by atoms with E-state index < -0.39 is 19.5 Å². The zero-order valence-electron chi connectivity index (χ0n) is 9.12. The molecule has 0 rings (SSSR count). The molecule has 0 fully saturated rings. The van der Waals surface area contributed by atoms with Gasteiger partial charge in [-0.05, 0) is 6.42 Å². The Kier molecular flexibility index (Phi) is 17.1. The molecule has 0 heterocycles. The minimum absolute atomic E-state index is 0. The summed E-state index contributed by atoms with van der Waals surface area (Å²) in [5, 5.41) is 0. The SMILES string of the molecule is CCCCCC(=O)CP(=O)([O-])[O-].[Na+].[Na+]. The molecule has 0 saturated carbocycles. The minimum Gasteiger partial charge on any atom is -0.810 e. The van der Waals surface area contributed by atoms with E-state index in [-0.39, 0.29) is 65.5 Å². The molecule has 0 aliphatic rings. The van der Waals surface area contributed by atoms with Gasteiger partial charge in [-0.2, -0.15) is 0 Å². The zero-order chi connectivity index (χ0) is 9.61. The Labute approximate surface area is 129 Å². The predicted molar refractivity (Wildman–Crippen MR) is 41.6 cm³/mol. The molecule has 0 unspecified atom stereocenters. The van der Waals surface area contributed by atoms with Gasteiger partial charge in [-0.3, -0.25) is 4.79 Å². The number of Topliss-reactive ketones (excluding diaryl/α,β-unsaturated/α-hetero) is 1. The molecule has 14 heavy (non-hydrogen) atoms. The molecule has 0 aliphatic carbocycles. The third kappa shape index (κ3) is 16.3. The van der Waals surface area contributed by atoms with Crippen molar-refractivity contribution in [1.82, 2.24) is 0 Å². The van der Waals surface area contributed by atoms with Crippen LogP contribution in [-0.4, -0.2) is 11.9 Å². The van der Waals surface area contributed by atoms with E-state index in [1.807, 2.05) is 6.92 Å². The Morgan fingerprint density at radius 1 is 1.21 bits per heavy atom. The summed E-state index contributed by atoms with van der Waals surface area (Å²) in [6, 6.07) is 0. The summed E-state index contributed by atoms with van der Waals surface area (Å²) in [6.45, 7) is 1.98. The maximum atomic E-state index is 10.8. The van der Waals surface area contributed by atoms with E-state index in [1.54, 1.807) is 0 Å².